The Bertz CT molecular complexity index is 1410. The SMILES string of the molecule is CN(C)Cc1ccc(NC(=O)c2n[nH]c3ccc(-c4cc(CN5CCCCC5)cc(F)c4F)cc23)cn1. The first-order valence-electron chi connectivity index (χ1n) is 12.5. The quantitative estimate of drug-likeness (QED) is 0.362. The van der Waals surface area contributed by atoms with Crippen LogP contribution in [0.2, 0.25) is 0 Å². The Labute approximate surface area is 214 Å². The highest BCUT2D eigenvalue weighted by Gasteiger charge is 2.19. The maximum Gasteiger partial charge on any atom is 0.276 e. The van der Waals surface area contributed by atoms with Crippen LogP contribution < -0.4 is 5.32 Å². The maximum absolute atomic E-state index is 14.9. The lowest BCUT2D eigenvalue weighted by molar-refractivity contribution is 0.102. The van der Waals surface area contributed by atoms with Gasteiger partial charge in [-0.2, -0.15) is 5.10 Å². The average Bonchev–Trinajstić information content (AvgIpc) is 3.31. The predicted octanol–water partition coefficient (Wildman–Crippen LogP) is 5.20. The van der Waals surface area contributed by atoms with Crippen molar-refractivity contribution < 1.29 is 13.6 Å². The fraction of sp³-hybridized carbons (Fsp3) is 0.321. The second-order valence-corrected chi connectivity index (χ2v) is 9.84. The van der Waals surface area contributed by atoms with Crippen molar-refractivity contribution in [2.45, 2.75) is 32.4 Å². The Morgan fingerprint density at radius 2 is 1.89 bits per heavy atom. The number of nitrogens with one attached hydrogen (secondary N) is 2. The number of pyridine rings is 1. The summed E-state index contributed by atoms with van der Waals surface area (Å²) in [4.78, 5) is 21.7. The molecule has 5 rings (SSSR count). The zero-order valence-electron chi connectivity index (χ0n) is 21.0. The van der Waals surface area contributed by atoms with E-state index in [0.29, 0.717) is 35.2 Å². The van der Waals surface area contributed by atoms with E-state index in [4.69, 9.17) is 0 Å². The minimum atomic E-state index is -0.903. The van der Waals surface area contributed by atoms with Gasteiger partial charge in [0.2, 0.25) is 0 Å². The molecule has 0 atom stereocenters. The van der Waals surface area contributed by atoms with Gasteiger partial charge in [0.1, 0.15) is 0 Å². The Balaban J connectivity index is 1.41. The van der Waals surface area contributed by atoms with E-state index in [1.165, 1.54) is 12.5 Å². The molecule has 3 heterocycles. The lowest BCUT2D eigenvalue weighted by Crippen LogP contribution is -2.29. The number of rotatable bonds is 7. The number of fused-ring (bicyclic) bond motifs is 1. The van der Waals surface area contributed by atoms with Crippen LogP contribution in [0.4, 0.5) is 14.5 Å². The molecule has 4 aromatic rings. The van der Waals surface area contributed by atoms with Gasteiger partial charge >= 0.3 is 0 Å². The molecule has 2 aromatic heterocycles. The minimum absolute atomic E-state index is 0.166. The first kappa shape index (κ1) is 25.0. The lowest BCUT2D eigenvalue weighted by Gasteiger charge is -2.26. The van der Waals surface area contributed by atoms with Crippen LogP contribution >= 0.6 is 0 Å². The summed E-state index contributed by atoms with van der Waals surface area (Å²) in [6.45, 7) is 3.19. The molecular weight excluding hydrogens is 474 g/mol. The average molecular weight is 505 g/mol. The fourth-order valence-electron chi connectivity index (χ4n) is 4.78. The van der Waals surface area contributed by atoms with Crippen molar-refractivity contribution in [1.82, 2.24) is 25.0 Å². The fourth-order valence-corrected chi connectivity index (χ4v) is 4.78. The molecule has 0 radical (unpaired) electrons. The van der Waals surface area contributed by atoms with Gasteiger partial charge in [0.15, 0.2) is 17.3 Å². The van der Waals surface area contributed by atoms with Crippen LogP contribution in [0.25, 0.3) is 22.0 Å². The van der Waals surface area contributed by atoms with Gasteiger partial charge in [0.25, 0.3) is 5.91 Å². The first-order valence-corrected chi connectivity index (χ1v) is 12.5. The van der Waals surface area contributed by atoms with Gasteiger partial charge in [-0.05, 0) is 87.6 Å². The van der Waals surface area contributed by atoms with Crippen LogP contribution in [-0.4, -0.2) is 58.1 Å². The van der Waals surface area contributed by atoms with E-state index < -0.39 is 17.5 Å². The van der Waals surface area contributed by atoms with Crippen LogP contribution in [0.15, 0.2) is 48.7 Å². The van der Waals surface area contributed by atoms with E-state index in [-0.39, 0.29) is 11.3 Å². The molecule has 0 aliphatic carbocycles. The Kier molecular flexibility index (Phi) is 7.25. The third-order valence-electron chi connectivity index (χ3n) is 6.59. The van der Waals surface area contributed by atoms with Crippen LogP contribution in [0.1, 0.15) is 41.0 Å². The van der Waals surface area contributed by atoms with E-state index >= 15 is 0 Å². The number of hydrogen-bond donors (Lipinski definition) is 2. The highest BCUT2D eigenvalue weighted by Crippen LogP contribution is 2.30. The number of H-pyrrole nitrogens is 1. The van der Waals surface area contributed by atoms with Crippen molar-refractivity contribution in [3.8, 4) is 11.1 Å². The van der Waals surface area contributed by atoms with Gasteiger partial charge in [0, 0.05) is 24.0 Å². The molecule has 2 aromatic carbocycles. The largest absolute Gasteiger partial charge is 0.319 e. The molecule has 37 heavy (non-hydrogen) atoms. The number of carbonyl (C=O) groups excluding carboxylic acids is 1. The highest BCUT2D eigenvalue weighted by molar-refractivity contribution is 6.11. The predicted molar refractivity (Wildman–Crippen MR) is 140 cm³/mol. The van der Waals surface area contributed by atoms with Crippen molar-refractivity contribution in [2.75, 3.05) is 32.5 Å². The standard InChI is InChI=1S/C28H30F2N6O/c1-35(2)17-21-8-7-20(15-31-21)32-28(37)27-23-14-19(6-9-25(23)33-34-27)22-12-18(13-24(29)26(22)30)16-36-10-4-3-5-11-36/h6-9,12-15H,3-5,10-11,16-17H2,1-2H3,(H,32,37)(H,33,34). The molecule has 0 unspecified atom stereocenters. The van der Waals surface area contributed by atoms with Crippen molar-refractivity contribution in [3.63, 3.8) is 0 Å². The van der Waals surface area contributed by atoms with Crippen molar-refractivity contribution >= 4 is 22.5 Å². The van der Waals surface area contributed by atoms with Crippen LogP contribution in [0, 0.1) is 11.6 Å². The second-order valence-electron chi connectivity index (χ2n) is 9.84. The van der Waals surface area contributed by atoms with Crippen molar-refractivity contribution in [3.05, 3.63) is 77.2 Å². The number of halogens is 2. The maximum atomic E-state index is 14.9. The number of piperidine rings is 1. The number of likely N-dealkylation sites (tertiary alicyclic amines) is 1. The third kappa shape index (κ3) is 5.68. The van der Waals surface area contributed by atoms with Crippen LogP contribution in [0.3, 0.4) is 0 Å². The van der Waals surface area contributed by atoms with Gasteiger partial charge in [-0.15, -0.1) is 0 Å². The number of carbonyl (C=O) groups is 1. The summed E-state index contributed by atoms with van der Waals surface area (Å²) in [6.07, 6.45) is 5.05. The third-order valence-corrected chi connectivity index (χ3v) is 6.59. The molecule has 0 saturated carbocycles. The summed E-state index contributed by atoms with van der Waals surface area (Å²) in [5, 5.41) is 10.4. The number of amides is 1. The molecular formula is C28H30F2N6O. The Morgan fingerprint density at radius 3 is 2.62 bits per heavy atom. The van der Waals surface area contributed by atoms with Gasteiger partial charge < -0.3 is 10.2 Å². The Morgan fingerprint density at radius 1 is 1.08 bits per heavy atom. The first-order chi connectivity index (χ1) is 17.9. The molecule has 1 aliphatic rings. The van der Waals surface area contributed by atoms with Crippen molar-refractivity contribution in [2.24, 2.45) is 0 Å². The van der Waals surface area contributed by atoms with E-state index in [1.54, 1.807) is 36.5 Å². The van der Waals surface area contributed by atoms with Crippen LogP contribution in [-0.2, 0) is 13.1 Å². The summed E-state index contributed by atoms with van der Waals surface area (Å²) in [5.41, 5.74) is 3.59. The molecule has 0 bridgehead atoms. The zero-order chi connectivity index (χ0) is 25.9. The van der Waals surface area contributed by atoms with E-state index in [0.717, 1.165) is 37.2 Å². The molecule has 192 valence electrons. The van der Waals surface area contributed by atoms with Gasteiger partial charge in [-0.3, -0.25) is 19.8 Å². The number of aromatic amines is 1. The summed E-state index contributed by atoms with van der Waals surface area (Å²) >= 11 is 0. The smallest absolute Gasteiger partial charge is 0.276 e. The normalized spacial score (nSPS) is 14.4. The highest BCUT2D eigenvalue weighted by atomic mass is 19.2. The molecule has 1 fully saturated rings. The number of aromatic nitrogens is 3. The number of anilines is 1. The topological polar surface area (TPSA) is 77.2 Å². The van der Waals surface area contributed by atoms with Gasteiger partial charge in [0.05, 0.1) is 23.1 Å². The summed E-state index contributed by atoms with van der Waals surface area (Å²) in [6, 6.07) is 11.7. The van der Waals surface area contributed by atoms with Crippen LogP contribution in [0.5, 0.6) is 0 Å². The molecule has 7 nitrogen and oxygen atoms in total. The monoisotopic (exact) mass is 504 g/mol. The zero-order valence-corrected chi connectivity index (χ0v) is 21.0. The second kappa shape index (κ2) is 10.7. The van der Waals surface area contributed by atoms with E-state index in [9.17, 15) is 13.6 Å². The molecule has 0 spiro atoms. The van der Waals surface area contributed by atoms with Crippen molar-refractivity contribution in [1.29, 1.82) is 0 Å². The minimum Gasteiger partial charge on any atom is -0.319 e. The summed E-state index contributed by atoms with van der Waals surface area (Å²) < 4.78 is 29.5. The number of nitrogens with zero attached hydrogens (tertiary/aromatic N) is 4. The summed E-state index contributed by atoms with van der Waals surface area (Å²) in [7, 11) is 3.92. The summed E-state index contributed by atoms with van der Waals surface area (Å²) in [5.74, 6) is -2.20. The van der Waals surface area contributed by atoms with E-state index in [2.05, 4.69) is 25.4 Å². The number of hydrogen-bond acceptors (Lipinski definition) is 5. The van der Waals surface area contributed by atoms with Gasteiger partial charge in [-0.25, -0.2) is 8.78 Å². The molecule has 1 saturated heterocycles. The Hall–Kier alpha value is -3.69. The lowest BCUT2D eigenvalue weighted by atomic mass is 9.99. The van der Waals surface area contributed by atoms with E-state index in [1.807, 2.05) is 25.1 Å². The molecule has 2 N–H and O–H groups in total. The molecule has 1 aliphatic heterocycles. The molecule has 9 heteroatoms. The number of benzene rings is 2. The molecule has 1 amide bonds. The van der Waals surface area contributed by atoms with Gasteiger partial charge in [-0.1, -0.05) is 12.5 Å².